The first-order valence-electron chi connectivity index (χ1n) is 5.94. The quantitative estimate of drug-likeness (QED) is 0.622. The molecule has 0 bridgehead atoms. The first-order chi connectivity index (χ1) is 9.16. The van der Waals surface area contributed by atoms with E-state index in [-0.39, 0.29) is 18.0 Å². The molecule has 0 atom stereocenters. The number of fused-ring (bicyclic) bond motifs is 1. The van der Waals surface area contributed by atoms with E-state index in [1.807, 2.05) is 6.07 Å². The van der Waals surface area contributed by atoms with Crippen LogP contribution in [0.2, 0.25) is 0 Å². The predicted molar refractivity (Wildman–Crippen MR) is 72.7 cm³/mol. The molecule has 0 radical (unpaired) electrons. The molecule has 1 aromatic carbocycles. The predicted octanol–water partition coefficient (Wildman–Crippen LogP) is 2.37. The Morgan fingerprint density at radius 1 is 1.42 bits per heavy atom. The summed E-state index contributed by atoms with van der Waals surface area (Å²) in [5, 5.41) is 11.3. The Labute approximate surface area is 112 Å². The zero-order chi connectivity index (χ0) is 13.4. The van der Waals surface area contributed by atoms with Crippen LogP contribution < -0.4 is 4.90 Å². The average molecular weight is 277 g/mol. The highest BCUT2D eigenvalue weighted by Crippen LogP contribution is 2.37. The van der Waals surface area contributed by atoms with E-state index in [1.165, 1.54) is 11.3 Å². The summed E-state index contributed by atoms with van der Waals surface area (Å²) in [5.74, 6) is 0.124. The van der Waals surface area contributed by atoms with Crippen molar-refractivity contribution in [2.75, 3.05) is 18.0 Å². The third-order valence-corrected chi connectivity index (χ3v) is 4.02. The minimum atomic E-state index is -0.406. The number of carbonyl (C=O) groups is 1. The summed E-state index contributed by atoms with van der Waals surface area (Å²) in [7, 11) is 0. The van der Waals surface area contributed by atoms with E-state index in [4.69, 9.17) is 0 Å². The SMILES string of the molecule is O=C1CCCN(c2ccc3scnc3c2[N+](=O)[O-])C1. The van der Waals surface area contributed by atoms with Crippen molar-refractivity contribution in [1.82, 2.24) is 4.98 Å². The molecular formula is C12H11N3O3S. The summed E-state index contributed by atoms with van der Waals surface area (Å²) in [4.78, 5) is 28.3. The van der Waals surface area contributed by atoms with Crippen molar-refractivity contribution < 1.29 is 9.72 Å². The number of hydrogen-bond acceptors (Lipinski definition) is 6. The number of thiazole rings is 1. The molecule has 0 amide bonds. The fourth-order valence-corrected chi connectivity index (χ4v) is 3.06. The van der Waals surface area contributed by atoms with Crippen molar-refractivity contribution in [3.63, 3.8) is 0 Å². The van der Waals surface area contributed by atoms with Crippen LogP contribution in [0.4, 0.5) is 11.4 Å². The highest BCUT2D eigenvalue weighted by molar-refractivity contribution is 7.16. The van der Waals surface area contributed by atoms with Crippen LogP contribution in [-0.2, 0) is 4.79 Å². The standard InChI is InChI=1S/C12H11N3O3S/c16-8-2-1-5-14(6-8)9-3-4-10-11(13-7-19-10)12(9)15(17)18/h3-4,7H,1-2,5-6H2. The number of rotatable bonds is 2. The molecule has 0 spiro atoms. The third-order valence-electron chi connectivity index (χ3n) is 3.23. The van der Waals surface area contributed by atoms with Crippen molar-refractivity contribution in [2.45, 2.75) is 12.8 Å². The molecule has 19 heavy (non-hydrogen) atoms. The second kappa shape index (κ2) is 4.58. The van der Waals surface area contributed by atoms with Gasteiger partial charge in [-0.15, -0.1) is 11.3 Å². The number of ketones is 1. The molecule has 0 saturated carbocycles. The Morgan fingerprint density at radius 3 is 3.00 bits per heavy atom. The maximum Gasteiger partial charge on any atom is 0.319 e. The first kappa shape index (κ1) is 12.0. The van der Waals surface area contributed by atoms with Gasteiger partial charge in [-0.1, -0.05) is 0 Å². The van der Waals surface area contributed by atoms with Crippen LogP contribution in [0.1, 0.15) is 12.8 Å². The number of benzene rings is 1. The van der Waals surface area contributed by atoms with Crippen molar-refractivity contribution in [3.8, 4) is 0 Å². The molecule has 0 N–H and O–H groups in total. The van der Waals surface area contributed by atoms with E-state index in [0.29, 0.717) is 24.2 Å². The van der Waals surface area contributed by atoms with Gasteiger partial charge in [0.15, 0.2) is 11.3 Å². The molecule has 0 unspecified atom stereocenters. The van der Waals surface area contributed by atoms with Crippen LogP contribution in [0.15, 0.2) is 17.6 Å². The van der Waals surface area contributed by atoms with Crippen LogP contribution in [0.3, 0.4) is 0 Å². The van der Waals surface area contributed by atoms with Gasteiger partial charge in [-0.25, -0.2) is 4.98 Å². The maximum atomic E-state index is 11.5. The Kier molecular flexibility index (Phi) is 2.90. The lowest BCUT2D eigenvalue weighted by molar-refractivity contribution is -0.382. The number of nitrogens with zero attached hydrogens (tertiary/aromatic N) is 3. The largest absolute Gasteiger partial charge is 0.359 e. The number of anilines is 1. The van der Waals surface area contributed by atoms with Gasteiger partial charge in [0, 0.05) is 13.0 Å². The van der Waals surface area contributed by atoms with Gasteiger partial charge < -0.3 is 4.90 Å². The smallest absolute Gasteiger partial charge is 0.319 e. The van der Waals surface area contributed by atoms with Gasteiger partial charge in [-0.3, -0.25) is 14.9 Å². The Balaban J connectivity index is 2.14. The lowest BCUT2D eigenvalue weighted by Crippen LogP contribution is -2.35. The molecule has 0 aliphatic carbocycles. The third kappa shape index (κ3) is 2.06. The molecule has 1 fully saturated rings. The summed E-state index contributed by atoms with van der Waals surface area (Å²) in [6, 6.07) is 3.55. The van der Waals surface area contributed by atoms with Gasteiger partial charge in [0.05, 0.1) is 21.7 Å². The monoisotopic (exact) mass is 277 g/mol. The van der Waals surface area contributed by atoms with E-state index < -0.39 is 4.92 Å². The summed E-state index contributed by atoms with van der Waals surface area (Å²) < 4.78 is 0.791. The Morgan fingerprint density at radius 2 is 2.26 bits per heavy atom. The van der Waals surface area contributed by atoms with Crippen LogP contribution in [0, 0.1) is 10.1 Å². The zero-order valence-electron chi connectivity index (χ0n) is 10.0. The minimum absolute atomic E-state index is 0.00782. The molecule has 1 saturated heterocycles. The summed E-state index contributed by atoms with van der Waals surface area (Å²) in [6.07, 6.45) is 1.30. The number of nitro benzene ring substituents is 1. The second-order valence-corrected chi connectivity index (χ2v) is 5.34. The molecule has 98 valence electrons. The van der Waals surface area contributed by atoms with Crippen molar-refractivity contribution in [2.24, 2.45) is 0 Å². The van der Waals surface area contributed by atoms with Crippen LogP contribution in [0.5, 0.6) is 0 Å². The average Bonchev–Trinajstić information content (AvgIpc) is 2.85. The van der Waals surface area contributed by atoms with E-state index in [1.54, 1.807) is 16.5 Å². The van der Waals surface area contributed by atoms with Crippen LogP contribution in [0.25, 0.3) is 10.2 Å². The lowest BCUT2D eigenvalue weighted by Gasteiger charge is -2.27. The number of piperidine rings is 1. The maximum absolute atomic E-state index is 11.5. The molecular weight excluding hydrogens is 266 g/mol. The molecule has 1 aliphatic rings. The zero-order valence-corrected chi connectivity index (χ0v) is 10.9. The van der Waals surface area contributed by atoms with E-state index in [0.717, 1.165) is 11.1 Å². The van der Waals surface area contributed by atoms with Gasteiger partial charge in [-0.05, 0) is 18.6 Å². The van der Waals surface area contributed by atoms with Gasteiger partial charge in [-0.2, -0.15) is 0 Å². The van der Waals surface area contributed by atoms with Crippen LogP contribution >= 0.6 is 11.3 Å². The molecule has 2 heterocycles. The van der Waals surface area contributed by atoms with Crippen LogP contribution in [-0.4, -0.2) is 28.8 Å². The molecule has 6 nitrogen and oxygen atoms in total. The fraction of sp³-hybridized carbons (Fsp3) is 0.333. The molecule has 3 rings (SSSR count). The molecule has 1 aliphatic heterocycles. The van der Waals surface area contributed by atoms with E-state index in [2.05, 4.69) is 4.98 Å². The first-order valence-corrected chi connectivity index (χ1v) is 6.82. The fourth-order valence-electron chi connectivity index (χ4n) is 2.39. The minimum Gasteiger partial charge on any atom is -0.359 e. The second-order valence-electron chi connectivity index (χ2n) is 4.45. The Hall–Kier alpha value is -2.02. The highest BCUT2D eigenvalue weighted by Gasteiger charge is 2.27. The number of carbonyl (C=O) groups excluding carboxylic acids is 1. The number of Topliss-reactive ketones (excluding diaryl/α,β-unsaturated/α-hetero) is 1. The van der Waals surface area contributed by atoms with Gasteiger partial charge in [0.25, 0.3) is 0 Å². The molecule has 2 aromatic rings. The Bertz CT molecular complexity index is 667. The summed E-state index contributed by atoms with van der Waals surface area (Å²) >= 11 is 1.37. The normalized spacial score (nSPS) is 16.0. The summed E-state index contributed by atoms with van der Waals surface area (Å²) in [6.45, 7) is 0.915. The van der Waals surface area contributed by atoms with Crippen molar-refractivity contribution in [1.29, 1.82) is 0 Å². The van der Waals surface area contributed by atoms with Gasteiger partial charge >= 0.3 is 5.69 Å². The number of aromatic nitrogens is 1. The summed E-state index contributed by atoms with van der Waals surface area (Å²) in [5.41, 5.74) is 2.51. The highest BCUT2D eigenvalue weighted by atomic mass is 32.1. The molecule has 1 aromatic heterocycles. The van der Waals surface area contributed by atoms with E-state index in [9.17, 15) is 14.9 Å². The van der Waals surface area contributed by atoms with Crippen molar-refractivity contribution >= 4 is 38.7 Å². The van der Waals surface area contributed by atoms with Gasteiger partial charge in [0.2, 0.25) is 0 Å². The van der Waals surface area contributed by atoms with Gasteiger partial charge in [0.1, 0.15) is 5.69 Å². The lowest BCUT2D eigenvalue weighted by atomic mass is 10.1. The topological polar surface area (TPSA) is 76.3 Å². The van der Waals surface area contributed by atoms with E-state index >= 15 is 0 Å². The number of nitro groups is 1. The van der Waals surface area contributed by atoms with Crippen molar-refractivity contribution in [3.05, 3.63) is 27.8 Å². The number of hydrogen-bond donors (Lipinski definition) is 0. The molecule has 7 heteroatoms.